The average Bonchev–Trinajstić information content (AvgIpc) is 2.89. The van der Waals surface area contributed by atoms with Gasteiger partial charge in [0.1, 0.15) is 11.5 Å². The summed E-state index contributed by atoms with van der Waals surface area (Å²) in [6.07, 6.45) is -0.108. The number of rotatable bonds is 3. The SMILES string of the molecule is Cc1oc(C)c(C(O)Cc2nn(C)c3ccccc23)c1C. The van der Waals surface area contributed by atoms with E-state index in [0.29, 0.717) is 6.42 Å². The number of benzene rings is 1. The van der Waals surface area contributed by atoms with Gasteiger partial charge in [-0.05, 0) is 32.4 Å². The van der Waals surface area contributed by atoms with Crippen molar-refractivity contribution in [2.75, 3.05) is 0 Å². The molecule has 1 atom stereocenters. The molecule has 0 aliphatic carbocycles. The Balaban J connectivity index is 1.98. The average molecular weight is 284 g/mol. The van der Waals surface area contributed by atoms with Gasteiger partial charge in [-0.15, -0.1) is 0 Å². The summed E-state index contributed by atoms with van der Waals surface area (Å²) in [7, 11) is 1.93. The Morgan fingerprint density at radius 1 is 1.19 bits per heavy atom. The number of aromatic nitrogens is 2. The maximum absolute atomic E-state index is 10.6. The van der Waals surface area contributed by atoms with Crippen LogP contribution in [0.25, 0.3) is 10.9 Å². The van der Waals surface area contributed by atoms with Crippen molar-refractivity contribution in [3.05, 3.63) is 52.6 Å². The van der Waals surface area contributed by atoms with E-state index >= 15 is 0 Å². The number of fused-ring (bicyclic) bond motifs is 1. The minimum atomic E-state index is -0.597. The summed E-state index contributed by atoms with van der Waals surface area (Å²) in [6, 6.07) is 8.08. The highest BCUT2D eigenvalue weighted by Crippen LogP contribution is 2.30. The van der Waals surface area contributed by atoms with Crippen LogP contribution in [-0.4, -0.2) is 14.9 Å². The van der Waals surface area contributed by atoms with Crippen molar-refractivity contribution in [1.29, 1.82) is 0 Å². The molecule has 3 rings (SSSR count). The summed E-state index contributed by atoms with van der Waals surface area (Å²) in [5.41, 5.74) is 3.91. The Morgan fingerprint density at radius 2 is 1.90 bits per heavy atom. The van der Waals surface area contributed by atoms with Crippen LogP contribution in [0.15, 0.2) is 28.7 Å². The van der Waals surface area contributed by atoms with Crippen molar-refractivity contribution < 1.29 is 9.52 Å². The number of para-hydroxylation sites is 1. The zero-order valence-corrected chi connectivity index (χ0v) is 12.8. The summed E-state index contributed by atoms with van der Waals surface area (Å²) in [5, 5.41) is 16.2. The van der Waals surface area contributed by atoms with Crippen LogP contribution in [-0.2, 0) is 13.5 Å². The molecule has 1 N–H and O–H groups in total. The van der Waals surface area contributed by atoms with E-state index in [1.54, 1.807) is 0 Å². The van der Waals surface area contributed by atoms with Gasteiger partial charge in [0.25, 0.3) is 0 Å². The van der Waals surface area contributed by atoms with Gasteiger partial charge in [-0.3, -0.25) is 4.68 Å². The molecule has 0 aliphatic heterocycles. The van der Waals surface area contributed by atoms with Crippen LogP contribution in [0.2, 0.25) is 0 Å². The molecule has 0 aliphatic rings. The third-order valence-corrected chi connectivity index (χ3v) is 4.17. The molecule has 21 heavy (non-hydrogen) atoms. The topological polar surface area (TPSA) is 51.2 Å². The molecular weight excluding hydrogens is 264 g/mol. The van der Waals surface area contributed by atoms with Crippen LogP contribution in [0.4, 0.5) is 0 Å². The Kier molecular flexibility index (Phi) is 3.33. The van der Waals surface area contributed by atoms with E-state index in [2.05, 4.69) is 5.10 Å². The van der Waals surface area contributed by atoms with E-state index in [1.165, 1.54) is 0 Å². The number of aliphatic hydroxyl groups excluding tert-OH is 1. The third kappa shape index (κ3) is 2.25. The summed E-state index contributed by atoms with van der Waals surface area (Å²) in [5.74, 6) is 1.66. The van der Waals surface area contributed by atoms with Gasteiger partial charge in [-0.25, -0.2) is 0 Å². The molecule has 2 heterocycles. The van der Waals surface area contributed by atoms with Crippen molar-refractivity contribution in [1.82, 2.24) is 9.78 Å². The lowest BCUT2D eigenvalue weighted by molar-refractivity contribution is 0.174. The molecular formula is C17H20N2O2. The highest BCUT2D eigenvalue weighted by atomic mass is 16.3. The van der Waals surface area contributed by atoms with E-state index in [0.717, 1.165) is 39.2 Å². The molecule has 0 saturated carbocycles. The zero-order chi connectivity index (χ0) is 15.1. The standard InChI is InChI=1S/C17H20N2O2/c1-10-11(2)21-12(3)17(10)16(20)9-14-13-7-5-6-8-15(13)19(4)18-14/h5-8,16,20H,9H2,1-4H3. The van der Waals surface area contributed by atoms with Crippen LogP contribution in [0.1, 0.15) is 34.4 Å². The first kappa shape index (κ1) is 13.9. The van der Waals surface area contributed by atoms with Gasteiger partial charge in [0.05, 0.1) is 17.3 Å². The first-order chi connectivity index (χ1) is 9.99. The summed E-state index contributed by atoms with van der Waals surface area (Å²) >= 11 is 0. The Bertz CT molecular complexity index is 799. The van der Waals surface area contributed by atoms with Gasteiger partial charge < -0.3 is 9.52 Å². The van der Waals surface area contributed by atoms with Gasteiger partial charge in [-0.1, -0.05) is 18.2 Å². The summed E-state index contributed by atoms with van der Waals surface area (Å²) in [4.78, 5) is 0. The minimum absolute atomic E-state index is 0.488. The lowest BCUT2D eigenvalue weighted by atomic mass is 9.99. The van der Waals surface area contributed by atoms with Gasteiger partial charge >= 0.3 is 0 Å². The number of nitrogens with zero attached hydrogens (tertiary/aromatic N) is 2. The molecule has 4 nitrogen and oxygen atoms in total. The van der Waals surface area contributed by atoms with Crippen molar-refractivity contribution in [2.45, 2.75) is 33.3 Å². The van der Waals surface area contributed by atoms with E-state index in [9.17, 15) is 5.11 Å². The van der Waals surface area contributed by atoms with E-state index in [1.807, 2.05) is 56.8 Å². The smallest absolute Gasteiger partial charge is 0.107 e. The highest BCUT2D eigenvalue weighted by Gasteiger charge is 2.21. The van der Waals surface area contributed by atoms with Crippen LogP contribution in [0, 0.1) is 20.8 Å². The predicted molar refractivity (Wildman–Crippen MR) is 82.3 cm³/mol. The first-order valence-corrected chi connectivity index (χ1v) is 7.14. The molecule has 4 heteroatoms. The molecule has 1 unspecified atom stereocenters. The fraction of sp³-hybridized carbons (Fsp3) is 0.353. The number of hydrogen-bond donors (Lipinski definition) is 1. The van der Waals surface area contributed by atoms with E-state index in [4.69, 9.17) is 4.42 Å². The number of aryl methyl sites for hydroxylation is 3. The molecule has 2 aromatic heterocycles. The lowest BCUT2D eigenvalue weighted by Gasteiger charge is -2.10. The number of hydrogen-bond acceptors (Lipinski definition) is 3. The quantitative estimate of drug-likeness (QED) is 0.802. The predicted octanol–water partition coefficient (Wildman–Crippen LogP) is 3.37. The maximum Gasteiger partial charge on any atom is 0.107 e. The second kappa shape index (κ2) is 5.04. The third-order valence-electron chi connectivity index (χ3n) is 4.17. The molecule has 0 bridgehead atoms. The summed E-state index contributed by atoms with van der Waals surface area (Å²) in [6.45, 7) is 5.81. The Labute approximate surface area is 124 Å². The monoisotopic (exact) mass is 284 g/mol. The van der Waals surface area contributed by atoms with Gasteiger partial charge in [0, 0.05) is 24.4 Å². The van der Waals surface area contributed by atoms with Crippen molar-refractivity contribution >= 4 is 10.9 Å². The van der Waals surface area contributed by atoms with E-state index in [-0.39, 0.29) is 0 Å². The van der Waals surface area contributed by atoms with Crippen molar-refractivity contribution in [3.63, 3.8) is 0 Å². The maximum atomic E-state index is 10.6. The normalized spacial score (nSPS) is 13.0. The second-order valence-corrected chi connectivity index (χ2v) is 5.56. The minimum Gasteiger partial charge on any atom is -0.466 e. The van der Waals surface area contributed by atoms with Crippen LogP contribution < -0.4 is 0 Å². The molecule has 0 saturated heterocycles. The molecule has 0 spiro atoms. The molecule has 0 fully saturated rings. The zero-order valence-electron chi connectivity index (χ0n) is 12.8. The number of furan rings is 1. The van der Waals surface area contributed by atoms with Crippen molar-refractivity contribution in [3.8, 4) is 0 Å². The molecule has 0 amide bonds. The van der Waals surface area contributed by atoms with Crippen LogP contribution in [0.5, 0.6) is 0 Å². The lowest BCUT2D eigenvalue weighted by Crippen LogP contribution is -2.05. The summed E-state index contributed by atoms with van der Waals surface area (Å²) < 4.78 is 7.47. The van der Waals surface area contributed by atoms with Gasteiger partial charge in [0.2, 0.25) is 0 Å². The van der Waals surface area contributed by atoms with Gasteiger partial charge in [0.15, 0.2) is 0 Å². The molecule has 110 valence electrons. The molecule has 1 aromatic carbocycles. The van der Waals surface area contributed by atoms with E-state index < -0.39 is 6.10 Å². The first-order valence-electron chi connectivity index (χ1n) is 7.14. The number of aliphatic hydroxyl groups is 1. The largest absolute Gasteiger partial charge is 0.466 e. The second-order valence-electron chi connectivity index (χ2n) is 5.56. The fourth-order valence-electron chi connectivity index (χ4n) is 3.02. The highest BCUT2D eigenvalue weighted by molar-refractivity contribution is 5.81. The molecule has 3 aromatic rings. The Hall–Kier alpha value is -2.07. The van der Waals surface area contributed by atoms with Crippen molar-refractivity contribution in [2.24, 2.45) is 7.05 Å². The van der Waals surface area contributed by atoms with Crippen LogP contribution in [0.3, 0.4) is 0 Å². The van der Waals surface area contributed by atoms with Crippen LogP contribution >= 0.6 is 0 Å². The fourth-order valence-corrected chi connectivity index (χ4v) is 3.02. The molecule has 0 radical (unpaired) electrons. The Morgan fingerprint density at radius 3 is 2.57 bits per heavy atom. The van der Waals surface area contributed by atoms with Gasteiger partial charge in [-0.2, -0.15) is 5.10 Å².